The van der Waals surface area contributed by atoms with Crippen molar-refractivity contribution in [3.05, 3.63) is 170 Å². The van der Waals surface area contributed by atoms with Gasteiger partial charge in [-0.15, -0.1) is 0 Å². The normalized spacial score (nSPS) is 12.8. The van der Waals surface area contributed by atoms with Gasteiger partial charge in [0.2, 0.25) is 0 Å². The highest BCUT2D eigenvalue weighted by Crippen LogP contribution is 2.43. The van der Waals surface area contributed by atoms with Crippen LogP contribution < -0.4 is 0 Å². The lowest BCUT2D eigenvalue weighted by molar-refractivity contribution is 0.946. The fourth-order valence-electron chi connectivity index (χ4n) is 7.53. The Hall–Kier alpha value is -6.59. The molecule has 1 aliphatic carbocycles. The first-order chi connectivity index (χ1) is 25.6. The Balaban J connectivity index is 0.000000727. The molecule has 0 saturated heterocycles. The SMILES string of the molecule is C=C/C=C(\C=NC)c1ccc2[nH]c3cc4c(cc3c2c1)CCc1cc2c3cc(-c5cccnc5)ccc3n(-c3ccccn3)c2cc1-4.C=C/C=C\C. The van der Waals surface area contributed by atoms with E-state index in [2.05, 4.69) is 112 Å². The highest BCUT2D eigenvalue weighted by Gasteiger charge is 2.23. The van der Waals surface area contributed by atoms with Crippen molar-refractivity contribution in [2.24, 2.45) is 4.99 Å². The summed E-state index contributed by atoms with van der Waals surface area (Å²) in [4.78, 5) is 17.1. The van der Waals surface area contributed by atoms with Crippen molar-refractivity contribution in [2.75, 3.05) is 7.05 Å². The van der Waals surface area contributed by atoms with E-state index in [1.807, 2.05) is 68.2 Å². The average Bonchev–Trinajstić information content (AvgIpc) is 3.71. The highest BCUT2D eigenvalue weighted by molar-refractivity contribution is 6.15. The number of nitrogens with one attached hydrogen (secondary N) is 1. The van der Waals surface area contributed by atoms with Gasteiger partial charge in [-0.1, -0.05) is 67.8 Å². The Morgan fingerprint density at radius 1 is 0.750 bits per heavy atom. The van der Waals surface area contributed by atoms with Gasteiger partial charge < -0.3 is 4.98 Å². The summed E-state index contributed by atoms with van der Waals surface area (Å²) in [5.74, 6) is 0.914. The Bertz CT molecular complexity index is 2720. The molecule has 0 bridgehead atoms. The zero-order valence-electron chi connectivity index (χ0n) is 29.5. The minimum Gasteiger partial charge on any atom is -0.354 e. The maximum atomic E-state index is 4.80. The molecule has 0 unspecified atom stereocenters. The lowest BCUT2D eigenvalue weighted by Gasteiger charge is -2.21. The monoisotopic (exact) mass is 673 g/mol. The van der Waals surface area contributed by atoms with Gasteiger partial charge in [-0.05, 0) is 125 Å². The third-order valence-corrected chi connectivity index (χ3v) is 9.87. The molecular weight excluding hydrogens is 635 g/mol. The molecule has 5 heteroatoms. The fourth-order valence-corrected chi connectivity index (χ4v) is 7.53. The summed E-state index contributed by atoms with van der Waals surface area (Å²) in [5, 5.41) is 4.94. The summed E-state index contributed by atoms with van der Waals surface area (Å²) >= 11 is 0. The summed E-state index contributed by atoms with van der Waals surface area (Å²) in [6.07, 6.45) is 18.9. The minimum atomic E-state index is 0.914. The van der Waals surface area contributed by atoms with Crippen LogP contribution in [0, 0.1) is 0 Å². The lowest BCUT2D eigenvalue weighted by Crippen LogP contribution is -2.04. The third-order valence-electron chi connectivity index (χ3n) is 9.87. The van der Waals surface area contributed by atoms with Crippen LogP contribution in [-0.2, 0) is 12.8 Å². The number of hydrogen-bond acceptors (Lipinski definition) is 3. The van der Waals surface area contributed by atoms with Crippen LogP contribution in [0.3, 0.4) is 0 Å². The van der Waals surface area contributed by atoms with Crippen LogP contribution in [0.5, 0.6) is 0 Å². The number of aliphatic imine (C=N–C) groups is 1. The van der Waals surface area contributed by atoms with Crippen LogP contribution in [0.25, 0.3) is 77.3 Å². The second-order valence-corrected chi connectivity index (χ2v) is 13.0. The molecule has 4 aromatic carbocycles. The van der Waals surface area contributed by atoms with Gasteiger partial charge in [-0.3, -0.25) is 14.5 Å². The number of nitrogens with zero attached hydrogens (tertiary/aromatic N) is 4. The second-order valence-electron chi connectivity index (χ2n) is 13.0. The smallest absolute Gasteiger partial charge is 0.137 e. The predicted molar refractivity (Wildman–Crippen MR) is 222 cm³/mol. The molecule has 0 amide bonds. The molecule has 1 aliphatic rings. The van der Waals surface area contributed by atoms with E-state index < -0.39 is 0 Å². The molecule has 0 radical (unpaired) electrons. The van der Waals surface area contributed by atoms with Gasteiger partial charge in [-0.25, -0.2) is 4.98 Å². The van der Waals surface area contributed by atoms with Gasteiger partial charge in [0.25, 0.3) is 0 Å². The number of aromatic nitrogens is 4. The summed E-state index contributed by atoms with van der Waals surface area (Å²) in [7, 11) is 1.80. The molecule has 9 rings (SSSR count). The Morgan fingerprint density at radius 3 is 2.27 bits per heavy atom. The van der Waals surface area contributed by atoms with E-state index in [-0.39, 0.29) is 0 Å². The summed E-state index contributed by atoms with van der Waals surface area (Å²) < 4.78 is 2.31. The number of hydrogen-bond donors (Lipinski definition) is 1. The van der Waals surface area contributed by atoms with Crippen LogP contribution in [0.1, 0.15) is 23.6 Å². The van der Waals surface area contributed by atoms with Crippen LogP contribution in [0.15, 0.2) is 158 Å². The molecule has 8 aromatic rings. The lowest BCUT2D eigenvalue weighted by atomic mass is 9.84. The number of H-pyrrole nitrogens is 1. The van der Waals surface area contributed by atoms with Crippen LogP contribution in [-0.4, -0.2) is 32.8 Å². The van der Waals surface area contributed by atoms with Gasteiger partial charge in [0.15, 0.2) is 0 Å². The van der Waals surface area contributed by atoms with E-state index in [1.54, 1.807) is 13.1 Å². The van der Waals surface area contributed by atoms with Gasteiger partial charge in [0, 0.05) is 70.0 Å². The molecule has 0 saturated carbocycles. The van der Waals surface area contributed by atoms with Crippen LogP contribution in [0.2, 0.25) is 0 Å². The standard InChI is InChI=1S/C42H31N5.C5H8/c1-3-7-30(24-43-2)26-12-14-38-34(18-26)35-20-28-10-11-29-21-37-36-19-27(31-8-6-16-44-25-31)13-15-40(36)47(42-9-4-5-17-45-42)41(37)23-33(29)32(28)22-39(35)46-38;1-3-5-4-2/h3-9,12-25,46H,1,10-11H2,2H3;3-5H,1H2,2H3/b30-7+,43-24?;5-4-. The minimum absolute atomic E-state index is 0.914. The molecule has 252 valence electrons. The zero-order chi connectivity index (χ0) is 35.6. The quantitative estimate of drug-likeness (QED) is 0.141. The van der Waals surface area contributed by atoms with Crippen LogP contribution in [0.4, 0.5) is 0 Å². The molecule has 1 N–H and O–H groups in total. The molecule has 4 aromatic heterocycles. The summed E-state index contributed by atoms with van der Waals surface area (Å²) in [6.45, 7) is 9.32. The van der Waals surface area contributed by atoms with Crippen LogP contribution >= 0.6 is 0 Å². The van der Waals surface area contributed by atoms with E-state index in [1.165, 1.54) is 43.8 Å². The van der Waals surface area contributed by atoms with Gasteiger partial charge in [-0.2, -0.15) is 0 Å². The number of pyridine rings is 2. The average molecular weight is 674 g/mol. The number of aromatic amines is 1. The van der Waals surface area contributed by atoms with Gasteiger partial charge in [0.05, 0.1) is 11.0 Å². The number of rotatable bonds is 6. The van der Waals surface area contributed by atoms with Crippen molar-refractivity contribution < 1.29 is 0 Å². The largest absolute Gasteiger partial charge is 0.354 e. The Morgan fingerprint density at radius 2 is 1.56 bits per heavy atom. The first-order valence-corrected chi connectivity index (χ1v) is 17.6. The van der Waals surface area contributed by atoms with Crippen molar-refractivity contribution in [2.45, 2.75) is 19.8 Å². The van der Waals surface area contributed by atoms with E-state index in [9.17, 15) is 0 Å². The van der Waals surface area contributed by atoms with Gasteiger partial charge in [0.1, 0.15) is 5.82 Å². The summed E-state index contributed by atoms with van der Waals surface area (Å²) in [6, 6.07) is 33.1. The Labute approximate surface area is 303 Å². The van der Waals surface area contributed by atoms with Crippen molar-refractivity contribution >= 4 is 55.4 Å². The molecule has 0 fully saturated rings. The Kier molecular flexibility index (Phi) is 8.76. The van der Waals surface area contributed by atoms with Crippen molar-refractivity contribution in [1.82, 2.24) is 19.5 Å². The van der Waals surface area contributed by atoms with Crippen molar-refractivity contribution in [1.29, 1.82) is 0 Å². The highest BCUT2D eigenvalue weighted by atomic mass is 15.1. The van der Waals surface area contributed by atoms with E-state index >= 15 is 0 Å². The topological polar surface area (TPSA) is 58.9 Å². The molecule has 5 nitrogen and oxygen atoms in total. The second kappa shape index (κ2) is 14.0. The molecule has 0 atom stereocenters. The molecule has 0 aliphatic heterocycles. The van der Waals surface area contributed by atoms with Crippen molar-refractivity contribution in [3.63, 3.8) is 0 Å². The van der Waals surface area contributed by atoms with E-state index in [0.717, 1.165) is 63.0 Å². The molecule has 0 spiro atoms. The third kappa shape index (κ3) is 5.76. The molecule has 52 heavy (non-hydrogen) atoms. The summed E-state index contributed by atoms with van der Waals surface area (Å²) in [5.41, 5.74) is 14.4. The maximum absolute atomic E-state index is 4.80. The zero-order valence-corrected chi connectivity index (χ0v) is 29.5. The van der Waals surface area contributed by atoms with Gasteiger partial charge >= 0.3 is 0 Å². The molecular formula is C47H39N5. The van der Waals surface area contributed by atoms with Crippen molar-refractivity contribution in [3.8, 4) is 28.1 Å². The predicted octanol–water partition coefficient (Wildman–Crippen LogP) is 11.7. The first kappa shape index (κ1) is 32.6. The number of aryl methyl sites for hydroxylation is 2. The van der Waals surface area contributed by atoms with E-state index in [0.29, 0.717) is 0 Å². The first-order valence-electron chi connectivity index (χ1n) is 17.6. The number of allylic oxidation sites excluding steroid dienone is 6. The maximum Gasteiger partial charge on any atom is 0.137 e. The number of fused-ring (bicyclic) bond motifs is 9. The fraction of sp³-hybridized carbons (Fsp3) is 0.0851. The number of benzene rings is 4. The molecule has 4 heterocycles. The van der Waals surface area contributed by atoms with E-state index in [4.69, 9.17) is 4.98 Å².